The molecule has 1 N–H and O–H groups in total. The molecule has 6 heteroatoms. The van der Waals surface area contributed by atoms with Gasteiger partial charge >= 0.3 is 10.2 Å². The molecule has 1 fully saturated rings. The quantitative estimate of drug-likeness (QED) is 0.887. The molecule has 18 heavy (non-hydrogen) atoms. The largest absolute Gasteiger partial charge is 0.304 e. The van der Waals surface area contributed by atoms with E-state index in [1.165, 1.54) is 4.31 Å². The molecule has 1 aliphatic heterocycles. The van der Waals surface area contributed by atoms with Crippen molar-refractivity contribution in [3.05, 3.63) is 29.8 Å². The molecular weight excluding hydrogens is 250 g/mol. The van der Waals surface area contributed by atoms with Gasteiger partial charge in [0.25, 0.3) is 0 Å². The minimum Gasteiger partial charge on any atom is -0.304 e. The number of aryl methyl sites for hydroxylation is 1. The molecule has 0 spiro atoms. The standard InChI is InChI=1S/C12H19N3O2S/c1-11-3-5-12(6-4-11)13-18(16,17)15-9-7-14(2)8-10-15/h3-6,13H,7-10H2,1-2H3. The fourth-order valence-corrected chi connectivity index (χ4v) is 3.07. The average Bonchev–Trinajstić information content (AvgIpc) is 2.32. The van der Waals surface area contributed by atoms with E-state index >= 15 is 0 Å². The molecular formula is C12H19N3O2S. The lowest BCUT2D eigenvalue weighted by atomic mass is 10.2. The van der Waals surface area contributed by atoms with Gasteiger partial charge in [-0.15, -0.1) is 0 Å². The number of likely N-dealkylation sites (N-methyl/N-ethyl adjacent to an activating group) is 1. The number of piperazine rings is 1. The Bertz CT molecular complexity index is 491. The highest BCUT2D eigenvalue weighted by Crippen LogP contribution is 2.14. The van der Waals surface area contributed by atoms with E-state index < -0.39 is 10.2 Å². The molecule has 0 unspecified atom stereocenters. The number of nitrogens with one attached hydrogen (secondary N) is 1. The van der Waals surface area contributed by atoms with Crippen LogP contribution in [0.15, 0.2) is 24.3 Å². The Balaban J connectivity index is 2.05. The van der Waals surface area contributed by atoms with E-state index in [1.807, 2.05) is 26.1 Å². The summed E-state index contributed by atoms with van der Waals surface area (Å²) in [7, 11) is -1.42. The second-order valence-corrected chi connectivity index (χ2v) is 6.35. The second-order valence-electron chi connectivity index (χ2n) is 4.68. The molecule has 1 aromatic carbocycles. The van der Waals surface area contributed by atoms with Crippen molar-refractivity contribution in [2.75, 3.05) is 37.9 Å². The van der Waals surface area contributed by atoms with Crippen LogP contribution in [0, 0.1) is 6.92 Å². The van der Waals surface area contributed by atoms with Crippen molar-refractivity contribution in [2.24, 2.45) is 0 Å². The van der Waals surface area contributed by atoms with Crippen LogP contribution in [-0.2, 0) is 10.2 Å². The summed E-state index contributed by atoms with van der Waals surface area (Å²) in [4.78, 5) is 2.12. The molecule has 0 saturated carbocycles. The monoisotopic (exact) mass is 269 g/mol. The van der Waals surface area contributed by atoms with E-state index in [4.69, 9.17) is 0 Å². The van der Waals surface area contributed by atoms with Gasteiger partial charge in [-0.2, -0.15) is 12.7 Å². The fraction of sp³-hybridized carbons (Fsp3) is 0.500. The van der Waals surface area contributed by atoms with Gasteiger partial charge in [-0.05, 0) is 26.1 Å². The number of nitrogens with zero attached hydrogens (tertiary/aromatic N) is 2. The Morgan fingerprint density at radius 1 is 1.06 bits per heavy atom. The highest BCUT2D eigenvalue weighted by molar-refractivity contribution is 7.90. The van der Waals surface area contributed by atoms with Gasteiger partial charge in [0.1, 0.15) is 0 Å². The third-order valence-corrected chi connectivity index (χ3v) is 4.64. The first-order chi connectivity index (χ1) is 8.47. The van der Waals surface area contributed by atoms with Crippen LogP contribution in [0.1, 0.15) is 5.56 Å². The van der Waals surface area contributed by atoms with E-state index in [9.17, 15) is 8.42 Å². The summed E-state index contributed by atoms with van der Waals surface area (Å²) in [5.74, 6) is 0. The van der Waals surface area contributed by atoms with Crippen molar-refractivity contribution in [1.82, 2.24) is 9.21 Å². The molecule has 1 aliphatic rings. The van der Waals surface area contributed by atoms with Gasteiger partial charge in [0.15, 0.2) is 0 Å². The lowest BCUT2D eigenvalue weighted by Gasteiger charge is -2.31. The summed E-state index contributed by atoms with van der Waals surface area (Å²) >= 11 is 0. The van der Waals surface area contributed by atoms with Gasteiger partial charge in [0, 0.05) is 31.9 Å². The SMILES string of the molecule is Cc1ccc(NS(=O)(=O)N2CCN(C)CC2)cc1. The molecule has 0 aliphatic carbocycles. The van der Waals surface area contributed by atoms with Gasteiger partial charge in [0.05, 0.1) is 0 Å². The fourth-order valence-electron chi connectivity index (χ4n) is 1.86. The first-order valence-electron chi connectivity index (χ1n) is 6.00. The van der Waals surface area contributed by atoms with Crippen LogP contribution in [0.25, 0.3) is 0 Å². The third-order valence-electron chi connectivity index (χ3n) is 3.10. The summed E-state index contributed by atoms with van der Waals surface area (Å²) in [5, 5.41) is 0. The predicted molar refractivity (Wildman–Crippen MR) is 72.8 cm³/mol. The molecule has 1 aromatic rings. The number of rotatable bonds is 3. The zero-order valence-corrected chi connectivity index (χ0v) is 11.6. The van der Waals surface area contributed by atoms with Crippen molar-refractivity contribution >= 4 is 15.9 Å². The lowest BCUT2D eigenvalue weighted by molar-refractivity contribution is 0.223. The summed E-state index contributed by atoms with van der Waals surface area (Å²) in [5.41, 5.74) is 1.72. The smallest absolute Gasteiger partial charge is 0.301 e. The highest BCUT2D eigenvalue weighted by Gasteiger charge is 2.25. The Morgan fingerprint density at radius 3 is 2.17 bits per heavy atom. The molecule has 0 radical (unpaired) electrons. The molecule has 0 amide bonds. The van der Waals surface area contributed by atoms with E-state index in [-0.39, 0.29) is 0 Å². The summed E-state index contributed by atoms with van der Waals surface area (Å²) in [6.07, 6.45) is 0. The summed E-state index contributed by atoms with van der Waals surface area (Å²) in [6, 6.07) is 7.34. The van der Waals surface area contributed by atoms with Crippen LogP contribution in [-0.4, -0.2) is 50.8 Å². The van der Waals surface area contributed by atoms with Gasteiger partial charge in [-0.25, -0.2) is 0 Å². The topological polar surface area (TPSA) is 52.7 Å². The van der Waals surface area contributed by atoms with Crippen LogP contribution < -0.4 is 4.72 Å². The predicted octanol–water partition coefficient (Wildman–Crippen LogP) is 0.899. The van der Waals surface area contributed by atoms with Crippen LogP contribution in [0.3, 0.4) is 0 Å². The Morgan fingerprint density at radius 2 is 1.61 bits per heavy atom. The van der Waals surface area contributed by atoms with Crippen LogP contribution in [0.4, 0.5) is 5.69 Å². The molecule has 0 atom stereocenters. The normalized spacial score (nSPS) is 18.8. The second kappa shape index (κ2) is 5.26. The van der Waals surface area contributed by atoms with Gasteiger partial charge in [-0.1, -0.05) is 17.7 Å². The van der Waals surface area contributed by atoms with E-state index in [0.29, 0.717) is 18.8 Å². The maximum Gasteiger partial charge on any atom is 0.301 e. The molecule has 0 bridgehead atoms. The van der Waals surface area contributed by atoms with Crippen LogP contribution in [0.2, 0.25) is 0 Å². The first-order valence-corrected chi connectivity index (χ1v) is 7.44. The van der Waals surface area contributed by atoms with Crippen LogP contribution in [0.5, 0.6) is 0 Å². The van der Waals surface area contributed by atoms with E-state index in [2.05, 4.69) is 9.62 Å². The number of anilines is 1. The zero-order chi connectivity index (χ0) is 13.2. The highest BCUT2D eigenvalue weighted by atomic mass is 32.2. The van der Waals surface area contributed by atoms with Crippen molar-refractivity contribution in [2.45, 2.75) is 6.92 Å². The Kier molecular flexibility index (Phi) is 3.89. The molecule has 100 valence electrons. The maximum absolute atomic E-state index is 12.1. The van der Waals surface area contributed by atoms with Crippen LogP contribution >= 0.6 is 0 Å². The molecule has 1 heterocycles. The van der Waals surface area contributed by atoms with Gasteiger partial charge in [-0.3, -0.25) is 4.72 Å². The van der Waals surface area contributed by atoms with E-state index in [0.717, 1.165) is 18.7 Å². The van der Waals surface area contributed by atoms with E-state index in [1.54, 1.807) is 12.1 Å². The van der Waals surface area contributed by atoms with Gasteiger partial charge < -0.3 is 4.90 Å². The maximum atomic E-state index is 12.1. The minimum absolute atomic E-state index is 0.539. The van der Waals surface area contributed by atoms with Gasteiger partial charge in [0.2, 0.25) is 0 Å². The zero-order valence-electron chi connectivity index (χ0n) is 10.8. The average molecular weight is 269 g/mol. The molecule has 1 saturated heterocycles. The minimum atomic E-state index is -3.42. The molecule has 2 rings (SSSR count). The summed E-state index contributed by atoms with van der Waals surface area (Å²) in [6.45, 7) is 4.59. The number of hydrogen-bond acceptors (Lipinski definition) is 3. The lowest BCUT2D eigenvalue weighted by Crippen LogP contribution is -2.48. The molecule has 5 nitrogen and oxygen atoms in total. The Hall–Kier alpha value is -1.11. The number of hydrogen-bond donors (Lipinski definition) is 1. The van der Waals surface area contributed by atoms with Crippen molar-refractivity contribution < 1.29 is 8.42 Å². The Labute approximate surface area is 109 Å². The molecule has 0 aromatic heterocycles. The third kappa shape index (κ3) is 3.22. The first kappa shape index (κ1) is 13.3. The van der Waals surface area contributed by atoms with Crippen molar-refractivity contribution in [3.8, 4) is 0 Å². The van der Waals surface area contributed by atoms with Crippen molar-refractivity contribution in [1.29, 1.82) is 0 Å². The summed E-state index contributed by atoms with van der Waals surface area (Å²) < 4.78 is 28.4. The van der Waals surface area contributed by atoms with Crippen molar-refractivity contribution in [3.63, 3.8) is 0 Å². The number of benzene rings is 1.